The van der Waals surface area contributed by atoms with Gasteiger partial charge in [-0.25, -0.2) is 9.00 Å². The van der Waals surface area contributed by atoms with E-state index < -0.39 is 11.3 Å². The summed E-state index contributed by atoms with van der Waals surface area (Å²) in [6.45, 7) is 3.09. The quantitative estimate of drug-likeness (QED) is 0.631. The zero-order chi connectivity index (χ0) is 18.7. The topological polar surface area (TPSA) is 96.1 Å². The molecule has 7 nitrogen and oxygen atoms in total. The van der Waals surface area contributed by atoms with Crippen LogP contribution in [0.25, 0.3) is 10.8 Å². The highest BCUT2D eigenvalue weighted by Gasteiger charge is 2.31. The lowest BCUT2D eigenvalue weighted by Gasteiger charge is -2.37. The standard InChI is InChI=1S/C18H23N3O4S/c1-2-25-18(22)20-11-9-13(10-12-20)21(26(23)24)17-8-7-16(19)14-5-3-4-6-15(14)17/h3-8,13H,2,9-12,19H2,1H3,(H,23,24). The molecule has 0 spiro atoms. The lowest BCUT2D eigenvalue weighted by atomic mass is 10.0. The SMILES string of the molecule is CCOC(=O)N1CCC(N(c2ccc(N)c3ccccc23)S(=O)O)CC1. The Morgan fingerprint density at radius 1 is 1.27 bits per heavy atom. The molecular weight excluding hydrogens is 354 g/mol. The van der Waals surface area contributed by atoms with Crippen LogP contribution in [0.15, 0.2) is 36.4 Å². The largest absolute Gasteiger partial charge is 0.450 e. The average Bonchev–Trinajstić information content (AvgIpc) is 2.64. The Kier molecular flexibility index (Phi) is 5.63. The van der Waals surface area contributed by atoms with Gasteiger partial charge in [0.25, 0.3) is 11.3 Å². The van der Waals surface area contributed by atoms with Crippen LogP contribution in [0.2, 0.25) is 0 Å². The minimum Gasteiger partial charge on any atom is -0.450 e. The molecular formula is C18H23N3O4S. The summed E-state index contributed by atoms with van der Waals surface area (Å²) < 4.78 is 28.7. The number of carbonyl (C=O) groups excluding carboxylic acids is 1. The van der Waals surface area contributed by atoms with E-state index in [9.17, 15) is 13.6 Å². The number of rotatable bonds is 4. The summed E-state index contributed by atoms with van der Waals surface area (Å²) in [6, 6.07) is 11.0. The first-order valence-electron chi connectivity index (χ1n) is 8.62. The van der Waals surface area contributed by atoms with Gasteiger partial charge in [-0.2, -0.15) is 0 Å². The Labute approximate surface area is 155 Å². The van der Waals surface area contributed by atoms with Crippen LogP contribution in [0.4, 0.5) is 16.2 Å². The summed E-state index contributed by atoms with van der Waals surface area (Å²) >= 11 is -2.18. The smallest absolute Gasteiger partial charge is 0.409 e. The summed E-state index contributed by atoms with van der Waals surface area (Å²) in [5, 5.41) is 1.69. The number of nitrogens with zero attached hydrogens (tertiary/aromatic N) is 2. The molecule has 1 unspecified atom stereocenters. The summed E-state index contributed by atoms with van der Waals surface area (Å²) in [5.41, 5.74) is 7.35. The van der Waals surface area contributed by atoms with Crippen molar-refractivity contribution in [3.63, 3.8) is 0 Å². The van der Waals surface area contributed by atoms with E-state index in [1.54, 1.807) is 24.0 Å². The van der Waals surface area contributed by atoms with Crippen LogP contribution in [-0.4, -0.2) is 45.5 Å². The number of ether oxygens (including phenoxy) is 1. The van der Waals surface area contributed by atoms with E-state index in [4.69, 9.17) is 10.5 Å². The van der Waals surface area contributed by atoms with E-state index in [1.807, 2.05) is 24.3 Å². The third kappa shape index (κ3) is 3.61. The minimum atomic E-state index is -2.18. The Balaban J connectivity index is 1.87. The van der Waals surface area contributed by atoms with Gasteiger partial charge in [0.2, 0.25) is 0 Å². The van der Waals surface area contributed by atoms with Crippen LogP contribution in [0.1, 0.15) is 19.8 Å². The van der Waals surface area contributed by atoms with Crippen molar-refractivity contribution in [1.82, 2.24) is 4.90 Å². The first-order valence-corrected chi connectivity index (χ1v) is 9.68. The maximum atomic E-state index is 12.1. The first kappa shape index (κ1) is 18.5. The highest BCUT2D eigenvalue weighted by Crippen LogP contribution is 2.34. The lowest BCUT2D eigenvalue weighted by Crippen LogP contribution is -2.47. The Bertz CT molecular complexity index is 821. The third-order valence-corrected chi connectivity index (χ3v) is 5.49. The van der Waals surface area contributed by atoms with Gasteiger partial charge in [-0.1, -0.05) is 24.3 Å². The van der Waals surface area contributed by atoms with E-state index in [0.29, 0.717) is 43.9 Å². The van der Waals surface area contributed by atoms with Gasteiger partial charge in [0.15, 0.2) is 0 Å². The number of hydrogen-bond acceptors (Lipinski definition) is 4. The molecule has 1 fully saturated rings. The van der Waals surface area contributed by atoms with Crippen LogP contribution in [0, 0.1) is 0 Å². The molecule has 0 saturated carbocycles. The third-order valence-electron chi connectivity index (χ3n) is 4.66. The molecule has 1 amide bonds. The molecule has 2 aromatic carbocycles. The van der Waals surface area contributed by atoms with Crippen molar-refractivity contribution in [3.05, 3.63) is 36.4 Å². The van der Waals surface area contributed by atoms with Gasteiger partial charge in [-0.3, -0.25) is 8.86 Å². The molecule has 2 aromatic rings. The zero-order valence-electron chi connectivity index (χ0n) is 14.6. The van der Waals surface area contributed by atoms with E-state index in [1.165, 1.54) is 4.31 Å². The minimum absolute atomic E-state index is 0.154. The molecule has 1 saturated heterocycles. The number of anilines is 2. The van der Waals surface area contributed by atoms with Gasteiger partial charge in [0.05, 0.1) is 12.3 Å². The van der Waals surface area contributed by atoms with E-state index >= 15 is 0 Å². The second-order valence-corrected chi connectivity index (χ2v) is 7.05. The summed E-state index contributed by atoms with van der Waals surface area (Å²) in [6.07, 6.45) is 0.841. The number of amides is 1. The Hall–Kier alpha value is -2.32. The van der Waals surface area contributed by atoms with Crippen LogP contribution < -0.4 is 10.0 Å². The number of nitrogen functional groups attached to an aromatic ring is 1. The molecule has 0 radical (unpaired) electrons. The van der Waals surface area contributed by atoms with Crippen LogP contribution in [0.5, 0.6) is 0 Å². The number of likely N-dealkylation sites (tertiary alicyclic amines) is 1. The highest BCUT2D eigenvalue weighted by molar-refractivity contribution is 7.80. The number of piperidine rings is 1. The van der Waals surface area contributed by atoms with Crippen molar-refractivity contribution in [1.29, 1.82) is 0 Å². The van der Waals surface area contributed by atoms with Gasteiger partial charge in [0, 0.05) is 35.6 Å². The molecule has 0 bridgehead atoms. The predicted octanol–water partition coefficient (Wildman–Crippen LogP) is 2.99. The number of fused-ring (bicyclic) bond motifs is 1. The molecule has 1 aliphatic heterocycles. The number of benzene rings is 2. The molecule has 8 heteroatoms. The first-order chi connectivity index (χ1) is 12.5. The van der Waals surface area contributed by atoms with Crippen LogP contribution in [-0.2, 0) is 16.0 Å². The second kappa shape index (κ2) is 7.92. The number of carbonyl (C=O) groups is 1. The summed E-state index contributed by atoms with van der Waals surface area (Å²) in [7, 11) is 0. The maximum absolute atomic E-state index is 12.1. The Morgan fingerprint density at radius 3 is 2.54 bits per heavy atom. The monoisotopic (exact) mass is 377 g/mol. The van der Waals surface area contributed by atoms with Crippen molar-refractivity contribution in [2.75, 3.05) is 29.7 Å². The fourth-order valence-electron chi connectivity index (χ4n) is 3.40. The molecule has 140 valence electrons. The highest BCUT2D eigenvalue weighted by atomic mass is 32.2. The normalized spacial score (nSPS) is 16.5. The molecule has 1 heterocycles. The zero-order valence-corrected chi connectivity index (χ0v) is 15.4. The molecule has 1 atom stereocenters. The average molecular weight is 377 g/mol. The molecule has 1 aliphatic rings. The Morgan fingerprint density at radius 2 is 1.92 bits per heavy atom. The van der Waals surface area contributed by atoms with Gasteiger partial charge in [0.1, 0.15) is 0 Å². The fraction of sp³-hybridized carbons (Fsp3) is 0.389. The molecule has 0 aliphatic carbocycles. The van der Waals surface area contributed by atoms with Gasteiger partial charge in [-0.15, -0.1) is 0 Å². The lowest BCUT2D eigenvalue weighted by molar-refractivity contribution is 0.0976. The van der Waals surface area contributed by atoms with Crippen molar-refractivity contribution < 1.29 is 18.3 Å². The van der Waals surface area contributed by atoms with E-state index in [-0.39, 0.29) is 12.1 Å². The van der Waals surface area contributed by atoms with E-state index in [0.717, 1.165) is 10.8 Å². The fourth-order valence-corrected chi connectivity index (χ4v) is 4.20. The second-order valence-electron chi connectivity index (χ2n) is 6.19. The van der Waals surface area contributed by atoms with Crippen molar-refractivity contribution in [3.8, 4) is 0 Å². The summed E-state index contributed by atoms with van der Waals surface area (Å²) in [4.78, 5) is 13.5. The van der Waals surface area contributed by atoms with E-state index in [2.05, 4.69) is 0 Å². The van der Waals surface area contributed by atoms with Gasteiger partial charge < -0.3 is 15.4 Å². The summed E-state index contributed by atoms with van der Waals surface area (Å²) in [5.74, 6) is 0. The van der Waals surface area contributed by atoms with Gasteiger partial charge in [-0.05, 0) is 31.9 Å². The van der Waals surface area contributed by atoms with Crippen molar-refractivity contribution in [2.45, 2.75) is 25.8 Å². The molecule has 26 heavy (non-hydrogen) atoms. The molecule has 0 aromatic heterocycles. The van der Waals surface area contributed by atoms with Gasteiger partial charge >= 0.3 is 6.09 Å². The maximum Gasteiger partial charge on any atom is 0.409 e. The number of hydrogen-bond donors (Lipinski definition) is 2. The number of nitrogens with two attached hydrogens (primary N) is 1. The van der Waals surface area contributed by atoms with Crippen LogP contribution >= 0.6 is 0 Å². The molecule has 3 N–H and O–H groups in total. The van der Waals surface area contributed by atoms with Crippen LogP contribution in [0.3, 0.4) is 0 Å². The predicted molar refractivity (Wildman–Crippen MR) is 103 cm³/mol. The van der Waals surface area contributed by atoms with Crippen molar-refractivity contribution in [2.24, 2.45) is 0 Å². The molecule has 3 rings (SSSR count). The van der Waals surface area contributed by atoms with Crippen molar-refractivity contribution >= 4 is 39.5 Å².